The Morgan fingerprint density at radius 1 is 1.37 bits per heavy atom. The zero-order valence-corrected chi connectivity index (χ0v) is 12.5. The van der Waals surface area contributed by atoms with E-state index in [0.29, 0.717) is 6.61 Å². The third-order valence-corrected chi connectivity index (χ3v) is 3.36. The van der Waals surface area contributed by atoms with Crippen LogP contribution in [-0.4, -0.2) is 53.8 Å². The summed E-state index contributed by atoms with van der Waals surface area (Å²) >= 11 is 0. The van der Waals surface area contributed by atoms with Crippen molar-refractivity contribution >= 4 is 12.0 Å². The van der Waals surface area contributed by atoms with Crippen LogP contribution in [0.4, 0.5) is 4.79 Å². The van der Waals surface area contributed by atoms with Crippen LogP contribution in [0.15, 0.2) is 0 Å². The smallest absolute Gasteiger partial charge is 0.317 e. The first-order valence-electron chi connectivity index (χ1n) is 6.59. The van der Waals surface area contributed by atoms with Crippen LogP contribution >= 0.6 is 0 Å². The second-order valence-electron chi connectivity index (χ2n) is 5.09. The van der Waals surface area contributed by atoms with E-state index in [1.54, 1.807) is 18.9 Å². The van der Waals surface area contributed by atoms with Crippen LogP contribution in [0.3, 0.4) is 0 Å². The monoisotopic (exact) mass is 274 g/mol. The van der Waals surface area contributed by atoms with E-state index in [4.69, 9.17) is 9.84 Å². The molecule has 2 amide bonds. The van der Waals surface area contributed by atoms with Gasteiger partial charge >= 0.3 is 12.0 Å². The van der Waals surface area contributed by atoms with Gasteiger partial charge in [-0.05, 0) is 27.2 Å². The molecule has 6 heteroatoms. The average molecular weight is 274 g/mol. The molecular formula is C13H26N2O4. The zero-order chi connectivity index (χ0) is 15.1. The number of rotatable bonds is 8. The van der Waals surface area contributed by atoms with Gasteiger partial charge in [-0.1, -0.05) is 6.92 Å². The number of hydrogen-bond donors (Lipinski definition) is 2. The summed E-state index contributed by atoms with van der Waals surface area (Å²) < 4.78 is 5.28. The lowest BCUT2D eigenvalue weighted by Crippen LogP contribution is -2.50. The SMILES string of the molecule is CCOC(CNC(=O)N(C)C(C)(C)CC)CC(=O)O. The molecule has 0 saturated heterocycles. The highest BCUT2D eigenvalue weighted by atomic mass is 16.5. The quantitative estimate of drug-likeness (QED) is 0.706. The van der Waals surface area contributed by atoms with Crippen molar-refractivity contribution in [3.8, 4) is 0 Å². The van der Waals surface area contributed by atoms with E-state index in [0.717, 1.165) is 6.42 Å². The number of urea groups is 1. The Hall–Kier alpha value is -1.30. The van der Waals surface area contributed by atoms with E-state index in [9.17, 15) is 9.59 Å². The highest BCUT2D eigenvalue weighted by Gasteiger charge is 2.26. The minimum atomic E-state index is -0.935. The largest absolute Gasteiger partial charge is 0.481 e. The third-order valence-electron chi connectivity index (χ3n) is 3.36. The van der Waals surface area contributed by atoms with Crippen LogP contribution in [0.5, 0.6) is 0 Å². The van der Waals surface area contributed by atoms with Gasteiger partial charge in [-0.2, -0.15) is 0 Å². The lowest BCUT2D eigenvalue weighted by molar-refractivity contribution is -0.140. The van der Waals surface area contributed by atoms with E-state index in [1.165, 1.54) is 0 Å². The molecule has 0 rings (SSSR count). The summed E-state index contributed by atoms with van der Waals surface area (Å²) in [5.74, 6) is -0.935. The fourth-order valence-corrected chi connectivity index (χ4v) is 1.45. The number of hydrogen-bond acceptors (Lipinski definition) is 3. The fourth-order valence-electron chi connectivity index (χ4n) is 1.45. The van der Waals surface area contributed by atoms with E-state index in [-0.39, 0.29) is 24.5 Å². The van der Waals surface area contributed by atoms with Gasteiger partial charge in [0, 0.05) is 25.7 Å². The summed E-state index contributed by atoms with van der Waals surface area (Å²) in [6, 6.07) is -0.220. The van der Waals surface area contributed by atoms with Crippen molar-refractivity contribution < 1.29 is 19.4 Å². The third kappa shape index (κ3) is 6.42. The first-order chi connectivity index (χ1) is 8.74. The lowest BCUT2D eigenvalue weighted by Gasteiger charge is -2.35. The van der Waals surface area contributed by atoms with Crippen LogP contribution in [0.1, 0.15) is 40.5 Å². The van der Waals surface area contributed by atoms with Gasteiger partial charge in [0.05, 0.1) is 12.5 Å². The van der Waals surface area contributed by atoms with Crippen molar-refractivity contribution in [2.45, 2.75) is 52.2 Å². The van der Waals surface area contributed by atoms with Crippen LogP contribution in [0, 0.1) is 0 Å². The van der Waals surface area contributed by atoms with Crippen molar-refractivity contribution in [1.29, 1.82) is 0 Å². The Bertz CT molecular complexity index is 305. The standard InChI is InChI=1S/C13H26N2O4/c1-6-13(3,4)15(5)12(18)14-9-10(19-7-2)8-11(16)17/h10H,6-9H2,1-5H3,(H,14,18)(H,16,17). The summed E-state index contributed by atoms with van der Waals surface area (Å²) in [6.45, 7) is 8.38. The number of nitrogens with one attached hydrogen (secondary N) is 1. The van der Waals surface area contributed by atoms with Crippen molar-refractivity contribution in [2.24, 2.45) is 0 Å². The van der Waals surface area contributed by atoms with Gasteiger partial charge in [0.15, 0.2) is 0 Å². The molecule has 0 aromatic carbocycles. The fraction of sp³-hybridized carbons (Fsp3) is 0.846. The average Bonchev–Trinajstić information content (AvgIpc) is 2.34. The molecule has 2 N–H and O–H groups in total. The van der Waals surface area contributed by atoms with Gasteiger partial charge in [0.25, 0.3) is 0 Å². The number of carbonyl (C=O) groups excluding carboxylic acids is 1. The summed E-state index contributed by atoms with van der Waals surface area (Å²) in [5.41, 5.74) is -0.238. The van der Waals surface area contributed by atoms with Gasteiger partial charge in [-0.15, -0.1) is 0 Å². The van der Waals surface area contributed by atoms with Crippen LogP contribution < -0.4 is 5.32 Å². The Morgan fingerprint density at radius 3 is 2.37 bits per heavy atom. The number of carboxylic acids is 1. The number of carbonyl (C=O) groups is 2. The van der Waals surface area contributed by atoms with E-state index >= 15 is 0 Å². The summed E-state index contributed by atoms with van der Waals surface area (Å²) in [7, 11) is 1.73. The molecule has 0 aliphatic heterocycles. The number of ether oxygens (including phenoxy) is 1. The number of carboxylic acid groups (broad SMARTS) is 1. The number of nitrogens with zero attached hydrogens (tertiary/aromatic N) is 1. The van der Waals surface area contributed by atoms with Crippen molar-refractivity contribution in [3.05, 3.63) is 0 Å². The van der Waals surface area contributed by atoms with Gasteiger partial charge in [0.1, 0.15) is 0 Å². The molecule has 112 valence electrons. The van der Waals surface area contributed by atoms with Crippen LogP contribution in [0.25, 0.3) is 0 Å². The molecule has 0 saturated carbocycles. The van der Waals surface area contributed by atoms with Crippen molar-refractivity contribution in [1.82, 2.24) is 10.2 Å². The Balaban J connectivity index is 4.35. The molecule has 0 aliphatic carbocycles. The van der Waals surface area contributed by atoms with Gasteiger partial charge < -0.3 is 20.1 Å². The maximum atomic E-state index is 12.0. The Morgan fingerprint density at radius 2 is 1.95 bits per heavy atom. The van der Waals surface area contributed by atoms with Gasteiger partial charge in [-0.25, -0.2) is 4.79 Å². The summed E-state index contributed by atoms with van der Waals surface area (Å²) in [4.78, 5) is 24.2. The van der Waals surface area contributed by atoms with Crippen LogP contribution in [0.2, 0.25) is 0 Å². The molecule has 0 aromatic heterocycles. The van der Waals surface area contributed by atoms with Crippen LogP contribution in [-0.2, 0) is 9.53 Å². The molecule has 1 atom stereocenters. The topological polar surface area (TPSA) is 78.9 Å². The highest BCUT2D eigenvalue weighted by molar-refractivity contribution is 5.75. The first kappa shape index (κ1) is 17.7. The zero-order valence-electron chi connectivity index (χ0n) is 12.5. The van der Waals surface area contributed by atoms with Gasteiger partial charge in [-0.3, -0.25) is 4.79 Å². The molecule has 0 bridgehead atoms. The first-order valence-corrected chi connectivity index (χ1v) is 6.59. The van der Waals surface area contributed by atoms with E-state index in [2.05, 4.69) is 5.32 Å². The van der Waals surface area contributed by atoms with Gasteiger partial charge in [0.2, 0.25) is 0 Å². The molecule has 19 heavy (non-hydrogen) atoms. The van der Waals surface area contributed by atoms with E-state index < -0.39 is 12.1 Å². The molecule has 0 heterocycles. The maximum Gasteiger partial charge on any atom is 0.317 e. The summed E-state index contributed by atoms with van der Waals surface area (Å²) in [6.07, 6.45) is 0.222. The number of aliphatic carboxylic acids is 1. The van der Waals surface area contributed by atoms with E-state index in [1.807, 2.05) is 20.8 Å². The minimum Gasteiger partial charge on any atom is -0.481 e. The van der Waals surface area contributed by atoms with Crippen molar-refractivity contribution in [3.63, 3.8) is 0 Å². The molecule has 0 radical (unpaired) electrons. The predicted molar refractivity (Wildman–Crippen MR) is 73.2 cm³/mol. The molecule has 0 aromatic rings. The molecule has 0 aliphatic rings. The maximum absolute atomic E-state index is 12.0. The second-order valence-corrected chi connectivity index (χ2v) is 5.09. The highest BCUT2D eigenvalue weighted by Crippen LogP contribution is 2.16. The molecule has 1 unspecified atom stereocenters. The second kappa shape index (κ2) is 7.99. The Labute approximate surface area is 115 Å². The number of amides is 2. The summed E-state index contributed by atoms with van der Waals surface area (Å²) in [5, 5.41) is 11.5. The minimum absolute atomic E-state index is 0.116. The van der Waals surface area contributed by atoms with Crippen molar-refractivity contribution in [2.75, 3.05) is 20.2 Å². The Kier molecular flexibility index (Phi) is 7.44. The molecule has 0 spiro atoms. The normalized spacial score (nSPS) is 12.9. The predicted octanol–water partition coefficient (Wildman–Crippen LogP) is 1.70. The molecular weight excluding hydrogens is 248 g/mol. The molecule has 0 fully saturated rings. The lowest BCUT2D eigenvalue weighted by atomic mass is 10.0. The molecule has 6 nitrogen and oxygen atoms in total.